The first-order chi connectivity index (χ1) is 12.7. The molecule has 0 unspecified atom stereocenters. The molecule has 1 amide bonds. The van der Waals surface area contributed by atoms with E-state index in [9.17, 15) is 13.2 Å². The van der Waals surface area contributed by atoms with E-state index in [0.29, 0.717) is 31.7 Å². The zero-order valence-electron chi connectivity index (χ0n) is 16.3. The average Bonchev–Trinajstić information content (AvgIpc) is 2.59. The molecule has 4 atom stereocenters. The number of rotatable bonds is 3. The Morgan fingerprint density at radius 3 is 2.00 bits per heavy atom. The van der Waals surface area contributed by atoms with Crippen molar-refractivity contribution in [2.45, 2.75) is 57.0 Å². The highest BCUT2D eigenvalue weighted by molar-refractivity contribution is 7.89. The predicted molar refractivity (Wildman–Crippen MR) is 101 cm³/mol. The summed E-state index contributed by atoms with van der Waals surface area (Å²) in [6, 6.07) is 6.31. The zero-order valence-corrected chi connectivity index (χ0v) is 17.1. The van der Waals surface area contributed by atoms with E-state index in [0.717, 1.165) is 0 Å². The molecule has 2 aliphatic rings. The van der Waals surface area contributed by atoms with Crippen LogP contribution >= 0.6 is 0 Å². The quantitative estimate of drug-likeness (QED) is 0.778. The van der Waals surface area contributed by atoms with Gasteiger partial charge >= 0.3 is 0 Å². The molecule has 2 aliphatic heterocycles. The van der Waals surface area contributed by atoms with Gasteiger partial charge in [0.15, 0.2) is 0 Å². The number of hydrogen-bond donors (Lipinski definition) is 0. The van der Waals surface area contributed by atoms with Gasteiger partial charge in [0.25, 0.3) is 5.91 Å². The molecule has 0 radical (unpaired) electrons. The van der Waals surface area contributed by atoms with Crippen molar-refractivity contribution in [2.24, 2.45) is 0 Å². The van der Waals surface area contributed by atoms with Crippen LogP contribution in [0.3, 0.4) is 0 Å². The van der Waals surface area contributed by atoms with E-state index < -0.39 is 10.0 Å². The summed E-state index contributed by atoms with van der Waals surface area (Å²) in [6.07, 6.45) is -0.406. The topological polar surface area (TPSA) is 76.2 Å². The second kappa shape index (κ2) is 7.87. The normalized spacial score (nSPS) is 30.3. The van der Waals surface area contributed by atoms with Gasteiger partial charge in [-0.2, -0.15) is 4.31 Å². The van der Waals surface area contributed by atoms with Crippen LogP contribution in [-0.2, 0) is 19.5 Å². The minimum Gasteiger partial charge on any atom is -0.373 e. The van der Waals surface area contributed by atoms with Crippen LogP contribution in [0.15, 0.2) is 29.2 Å². The van der Waals surface area contributed by atoms with Crippen molar-refractivity contribution in [1.29, 1.82) is 0 Å². The Labute approximate surface area is 161 Å². The van der Waals surface area contributed by atoms with E-state index in [2.05, 4.69) is 0 Å². The molecule has 0 N–H and O–H groups in total. The number of carbonyl (C=O) groups is 1. The van der Waals surface area contributed by atoms with Crippen molar-refractivity contribution in [3.8, 4) is 0 Å². The van der Waals surface area contributed by atoms with Gasteiger partial charge in [0.1, 0.15) is 0 Å². The van der Waals surface area contributed by atoms with Gasteiger partial charge in [-0.15, -0.1) is 0 Å². The molecule has 27 heavy (non-hydrogen) atoms. The van der Waals surface area contributed by atoms with Crippen molar-refractivity contribution in [1.82, 2.24) is 9.21 Å². The summed E-state index contributed by atoms with van der Waals surface area (Å²) >= 11 is 0. The van der Waals surface area contributed by atoms with Crippen molar-refractivity contribution in [2.75, 3.05) is 26.2 Å². The summed E-state index contributed by atoms with van der Waals surface area (Å²) in [5.41, 5.74) is 0.381. The fourth-order valence-electron chi connectivity index (χ4n) is 3.79. The molecule has 2 saturated heterocycles. The Balaban J connectivity index is 1.83. The van der Waals surface area contributed by atoms with Crippen LogP contribution in [-0.4, -0.2) is 74.1 Å². The maximum absolute atomic E-state index is 13.1. The Morgan fingerprint density at radius 2 is 1.44 bits per heavy atom. The summed E-state index contributed by atoms with van der Waals surface area (Å²) in [5, 5.41) is 0. The molecule has 0 aromatic heterocycles. The summed E-state index contributed by atoms with van der Waals surface area (Å²) in [5.74, 6) is -0.169. The molecular weight excluding hydrogens is 368 g/mol. The van der Waals surface area contributed by atoms with Crippen molar-refractivity contribution < 1.29 is 22.7 Å². The Morgan fingerprint density at radius 1 is 0.926 bits per heavy atom. The molecule has 0 bridgehead atoms. The van der Waals surface area contributed by atoms with Crippen LogP contribution in [0, 0.1) is 0 Å². The Bertz CT molecular complexity index is 777. The standard InChI is InChI=1S/C19H28N2O5S/c1-13-9-20(10-14(2)25-13)19(22)17-6-5-7-18(8-17)27(23,24)21-11-15(3)26-16(4)12-21/h5-8,13-16H,9-12H2,1-4H3/t13-,14-,15-,16+/m1/s1. The molecule has 0 spiro atoms. The number of nitrogens with zero attached hydrogens (tertiary/aromatic N) is 2. The van der Waals surface area contributed by atoms with Crippen LogP contribution in [0.5, 0.6) is 0 Å². The van der Waals surface area contributed by atoms with Gasteiger partial charge in [-0.3, -0.25) is 4.79 Å². The first-order valence-electron chi connectivity index (χ1n) is 9.37. The van der Waals surface area contributed by atoms with E-state index in [1.165, 1.54) is 10.4 Å². The first-order valence-corrected chi connectivity index (χ1v) is 10.8. The van der Waals surface area contributed by atoms with Gasteiger partial charge in [0.2, 0.25) is 10.0 Å². The third-order valence-electron chi connectivity index (χ3n) is 4.81. The van der Waals surface area contributed by atoms with Gasteiger partial charge in [-0.25, -0.2) is 8.42 Å². The van der Waals surface area contributed by atoms with Crippen LogP contribution in [0.4, 0.5) is 0 Å². The second-order valence-corrected chi connectivity index (χ2v) is 9.51. The highest BCUT2D eigenvalue weighted by Crippen LogP contribution is 2.23. The van der Waals surface area contributed by atoms with E-state index in [4.69, 9.17) is 9.47 Å². The number of morpholine rings is 2. The van der Waals surface area contributed by atoms with Crippen LogP contribution in [0.25, 0.3) is 0 Å². The lowest BCUT2D eigenvalue weighted by Crippen LogP contribution is -2.48. The van der Waals surface area contributed by atoms with Crippen molar-refractivity contribution in [3.05, 3.63) is 29.8 Å². The predicted octanol–water partition coefficient (Wildman–Crippen LogP) is 1.73. The summed E-state index contributed by atoms with van der Waals surface area (Å²) in [6.45, 7) is 9.19. The lowest BCUT2D eigenvalue weighted by atomic mass is 10.1. The summed E-state index contributed by atoms with van der Waals surface area (Å²) < 4.78 is 38.9. The molecule has 150 valence electrons. The summed E-state index contributed by atoms with van der Waals surface area (Å²) in [7, 11) is -3.68. The number of hydrogen-bond acceptors (Lipinski definition) is 5. The fraction of sp³-hybridized carbons (Fsp3) is 0.632. The van der Waals surface area contributed by atoms with Crippen LogP contribution < -0.4 is 0 Å². The van der Waals surface area contributed by atoms with E-state index >= 15 is 0 Å². The number of ether oxygens (including phenoxy) is 2. The molecule has 0 saturated carbocycles. The maximum Gasteiger partial charge on any atom is 0.254 e. The highest BCUT2D eigenvalue weighted by atomic mass is 32.2. The fourth-order valence-corrected chi connectivity index (χ4v) is 5.43. The third-order valence-corrected chi connectivity index (χ3v) is 6.64. The first kappa shape index (κ1) is 20.3. The molecule has 2 heterocycles. The SMILES string of the molecule is C[C@@H]1CN(C(=O)c2cccc(S(=O)(=O)N3C[C@@H](C)O[C@@H](C)C3)c2)C[C@@H](C)O1. The van der Waals surface area contributed by atoms with E-state index in [1.807, 2.05) is 27.7 Å². The van der Waals surface area contributed by atoms with Gasteiger partial charge in [0, 0.05) is 31.7 Å². The lowest BCUT2D eigenvalue weighted by molar-refractivity contribution is -0.0586. The molecular formula is C19H28N2O5S. The third kappa shape index (κ3) is 4.51. The number of benzene rings is 1. The Kier molecular flexibility index (Phi) is 5.90. The van der Waals surface area contributed by atoms with Crippen molar-refractivity contribution in [3.63, 3.8) is 0 Å². The molecule has 2 fully saturated rings. The smallest absolute Gasteiger partial charge is 0.254 e. The summed E-state index contributed by atoms with van der Waals surface area (Å²) in [4.78, 5) is 14.8. The average molecular weight is 397 g/mol. The maximum atomic E-state index is 13.1. The van der Waals surface area contributed by atoms with E-state index in [1.54, 1.807) is 23.1 Å². The monoisotopic (exact) mass is 396 g/mol. The van der Waals surface area contributed by atoms with Crippen molar-refractivity contribution >= 4 is 15.9 Å². The zero-order chi connectivity index (χ0) is 19.8. The second-order valence-electron chi connectivity index (χ2n) is 7.57. The highest BCUT2D eigenvalue weighted by Gasteiger charge is 2.33. The molecule has 3 rings (SSSR count). The van der Waals surface area contributed by atoms with Crippen LogP contribution in [0.1, 0.15) is 38.1 Å². The Hall–Kier alpha value is -1.48. The molecule has 8 heteroatoms. The van der Waals surface area contributed by atoms with Gasteiger partial charge in [-0.05, 0) is 45.9 Å². The van der Waals surface area contributed by atoms with Gasteiger partial charge in [-0.1, -0.05) is 6.07 Å². The number of sulfonamides is 1. The molecule has 7 nitrogen and oxygen atoms in total. The molecule has 0 aliphatic carbocycles. The largest absolute Gasteiger partial charge is 0.373 e. The number of carbonyl (C=O) groups excluding carboxylic acids is 1. The number of amides is 1. The molecule has 1 aromatic carbocycles. The van der Waals surface area contributed by atoms with Gasteiger partial charge in [0.05, 0.1) is 29.3 Å². The van der Waals surface area contributed by atoms with E-state index in [-0.39, 0.29) is 35.2 Å². The van der Waals surface area contributed by atoms with Crippen LogP contribution in [0.2, 0.25) is 0 Å². The molecule has 1 aromatic rings. The lowest BCUT2D eigenvalue weighted by Gasteiger charge is -2.35. The minimum atomic E-state index is -3.68. The minimum absolute atomic E-state index is 0.0408. The van der Waals surface area contributed by atoms with Gasteiger partial charge < -0.3 is 14.4 Å².